The molecular weight excluding hydrogens is 290 g/mol. The summed E-state index contributed by atoms with van der Waals surface area (Å²) in [7, 11) is -4.09. The molecular formula is C10H15N3O6S. The van der Waals surface area contributed by atoms with Gasteiger partial charge < -0.3 is 14.9 Å². The van der Waals surface area contributed by atoms with Gasteiger partial charge in [-0.25, -0.2) is 17.9 Å². The van der Waals surface area contributed by atoms with Crippen LogP contribution >= 0.6 is 0 Å². The molecule has 1 aliphatic rings. The third kappa shape index (κ3) is 2.82. The zero-order chi connectivity index (χ0) is 15.0. The Kier molecular flexibility index (Phi) is 3.82. The van der Waals surface area contributed by atoms with E-state index in [1.54, 1.807) is 0 Å². The predicted molar refractivity (Wildman–Crippen MR) is 65.9 cm³/mol. The molecule has 0 aliphatic carbocycles. The van der Waals surface area contributed by atoms with Crippen LogP contribution in [0.4, 0.5) is 0 Å². The lowest BCUT2D eigenvalue weighted by Gasteiger charge is -2.20. The maximum Gasteiger partial charge on any atom is 0.357 e. The summed E-state index contributed by atoms with van der Waals surface area (Å²) in [6.45, 7) is 1.54. The van der Waals surface area contributed by atoms with Crippen molar-refractivity contribution in [3.05, 3.63) is 11.4 Å². The van der Waals surface area contributed by atoms with Gasteiger partial charge >= 0.3 is 5.97 Å². The highest BCUT2D eigenvalue weighted by atomic mass is 32.2. The molecule has 0 spiro atoms. The van der Waals surface area contributed by atoms with Crippen LogP contribution in [0.1, 0.15) is 22.6 Å². The fraction of sp³-hybridized carbons (Fsp3) is 0.600. The normalized spacial score (nSPS) is 23.1. The molecule has 1 aromatic rings. The van der Waals surface area contributed by atoms with Crippen molar-refractivity contribution in [2.24, 2.45) is 0 Å². The first-order chi connectivity index (χ1) is 9.25. The quantitative estimate of drug-likeness (QED) is 0.538. The summed E-state index contributed by atoms with van der Waals surface area (Å²) in [5, 5.41) is 24.7. The zero-order valence-electron chi connectivity index (χ0n) is 10.7. The number of aromatic carboxylic acids is 1. The minimum absolute atomic E-state index is 0.0334. The Morgan fingerprint density at radius 1 is 1.60 bits per heavy atom. The second-order valence-electron chi connectivity index (χ2n) is 4.68. The Morgan fingerprint density at radius 2 is 2.30 bits per heavy atom. The fourth-order valence-electron chi connectivity index (χ4n) is 1.93. The lowest BCUT2D eigenvalue weighted by Crippen LogP contribution is -2.43. The monoisotopic (exact) mass is 305 g/mol. The van der Waals surface area contributed by atoms with Gasteiger partial charge in [0.15, 0.2) is 5.69 Å². The van der Waals surface area contributed by atoms with Crippen molar-refractivity contribution in [2.45, 2.75) is 23.8 Å². The van der Waals surface area contributed by atoms with Gasteiger partial charge in [-0.15, -0.1) is 0 Å². The summed E-state index contributed by atoms with van der Waals surface area (Å²) >= 11 is 0. The van der Waals surface area contributed by atoms with Crippen LogP contribution < -0.4 is 4.72 Å². The summed E-state index contributed by atoms with van der Waals surface area (Å²) < 4.78 is 31.5. The molecule has 112 valence electrons. The number of hydrogen-bond donors (Lipinski definition) is 4. The van der Waals surface area contributed by atoms with Crippen molar-refractivity contribution in [2.75, 3.05) is 19.8 Å². The van der Waals surface area contributed by atoms with Crippen LogP contribution in [-0.4, -0.2) is 60.2 Å². The molecule has 0 bridgehead atoms. The molecule has 1 atom stereocenters. The van der Waals surface area contributed by atoms with E-state index >= 15 is 0 Å². The first-order valence-corrected chi connectivity index (χ1v) is 7.31. The number of nitrogens with zero attached hydrogens (tertiary/aromatic N) is 1. The molecule has 10 heteroatoms. The molecule has 0 saturated carbocycles. The van der Waals surface area contributed by atoms with E-state index in [0.29, 0.717) is 13.0 Å². The number of carboxylic acids is 1. The molecule has 2 heterocycles. The maximum atomic E-state index is 12.2. The van der Waals surface area contributed by atoms with E-state index in [0.717, 1.165) is 0 Å². The van der Waals surface area contributed by atoms with Gasteiger partial charge in [-0.3, -0.25) is 5.10 Å². The van der Waals surface area contributed by atoms with E-state index in [-0.39, 0.29) is 18.8 Å². The number of rotatable bonds is 5. The highest BCUT2D eigenvalue weighted by Gasteiger charge is 2.35. The molecule has 1 aromatic heterocycles. The van der Waals surface area contributed by atoms with E-state index in [2.05, 4.69) is 14.9 Å². The number of carboxylic acid groups (broad SMARTS) is 1. The van der Waals surface area contributed by atoms with Crippen LogP contribution in [0.15, 0.2) is 4.90 Å². The Labute approximate surface area is 115 Å². The van der Waals surface area contributed by atoms with Gasteiger partial charge in [0, 0.05) is 19.6 Å². The molecule has 0 aromatic carbocycles. The number of nitrogens with one attached hydrogen (secondary N) is 2. The molecule has 4 N–H and O–H groups in total. The number of hydrogen-bond acceptors (Lipinski definition) is 6. The summed E-state index contributed by atoms with van der Waals surface area (Å²) in [5.41, 5.74) is -1.73. The smallest absolute Gasteiger partial charge is 0.357 e. The van der Waals surface area contributed by atoms with E-state index < -0.39 is 32.2 Å². The van der Waals surface area contributed by atoms with Crippen molar-refractivity contribution in [3.8, 4) is 0 Å². The van der Waals surface area contributed by atoms with E-state index in [4.69, 9.17) is 9.84 Å². The van der Waals surface area contributed by atoms with Crippen LogP contribution in [0.5, 0.6) is 0 Å². The van der Waals surface area contributed by atoms with Crippen LogP contribution in [-0.2, 0) is 14.8 Å². The Morgan fingerprint density at radius 3 is 2.85 bits per heavy atom. The average molecular weight is 305 g/mol. The van der Waals surface area contributed by atoms with Gasteiger partial charge in [0.2, 0.25) is 10.0 Å². The van der Waals surface area contributed by atoms with Crippen molar-refractivity contribution in [3.63, 3.8) is 0 Å². The minimum Gasteiger partial charge on any atom is -0.476 e. The molecule has 1 fully saturated rings. The van der Waals surface area contributed by atoms with Gasteiger partial charge in [-0.05, 0) is 6.92 Å². The van der Waals surface area contributed by atoms with Crippen molar-refractivity contribution >= 4 is 16.0 Å². The number of aromatic amines is 1. The van der Waals surface area contributed by atoms with E-state index in [9.17, 15) is 18.3 Å². The van der Waals surface area contributed by atoms with Crippen molar-refractivity contribution < 1.29 is 28.2 Å². The standard InChI is InChI=1S/C10H15N3O6S/c1-6-8(7(9(14)15)13-12-6)20(17,18)11-4-10(16)2-3-19-5-10/h11,16H,2-5H2,1H3,(H,12,13)(H,14,15). The van der Waals surface area contributed by atoms with Gasteiger partial charge in [0.1, 0.15) is 10.5 Å². The molecule has 1 unspecified atom stereocenters. The lowest BCUT2D eigenvalue weighted by atomic mass is 10.1. The van der Waals surface area contributed by atoms with E-state index in [1.807, 2.05) is 0 Å². The largest absolute Gasteiger partial charge is 0.476 e. The number of H-pyrrole nitrogens is 1. The highest BCUT2D eigenvalue weighted by Crippen LogP contribution is 2.20. The van der Waals surface area contributed by atoms with Crippen LogP contribution in [0.3, 0.4) is 0 Å². The van der Waals surface area contributed by atoms with E-state index in [1.165, 1.54) is 6.92 Å². The topological polar surface area (TPSA) is 142 Å². The predicted octanol–water partition coefficient (Wildman–Crippen LogP) is -1.15. The molecule has 0 amide bonds. The SMILES string of the molecule is Cc1[nH]nc(C(=O)O)c1S(=O)(=O)NCC1(O)CCOC1. The summed E-state index contributed by atoms with van der Waals surface area (Å²) in [5.74, 6) is -1.45. The summed E-state index contributed by atoms with van der Waals surface area (Å²) in [4.78, 5) is 10.5. The first-order valence-electron chi connectivity index (χ1n) is 5.83. The molecule has 9 nitrogen and oxygen atoms in total. The minimum atomic E-state index is -4.09. The van der Waals surface area contributed by atoms with Gasteiger partial charge in [0.25, 0.3) is 0 Å². The van der Waals surface area contributed by atoms with Crippen LogP contribution in [0.25, 0.3) is 0 Å². The number of ether oxygens (including phenoxy) is 1. The molecule has 1 saturated heterocycles. The Balaban J connectivity index is 2.22. The third-order valence-corrected chi connectivity index (χ3v) is 4.60. The number of carbonyl (C=O) groups is 1. The zero-order valence-corrected chi connectivity index (χ0v) is 11.5. The maximum absolute atomic E-state index is 12.2. The second-order valence-corrected chi connectivity index (χ2v) is 6.39. The van der Waals surface area contributed by atoms with Crippen molar-refractivity contribution in [1.82, 2.24) is 14.9 Å². The molecule has 20 heavy (non-hydrogen) atoms. The first kappa shape index (κ1) is 14.9. The van der Waals surface area contributed by atoms with Crippen molar-refractivity contribution in [1.29, 1.82) is 0 Å². The Hall–Kier alpha value is -1.49. The van der Waals surface area contributed by atoms with Gasteiger partial charge in [-0.2, -0.15) is 5.10 Å². The fourth-order valence-corrected chi connectivity index (χ4v) is 3.37. The number of aryl methyl sites for hydroxylation is 1. The number of aromatic nitrogens is 2. The summed E-state index contributed by atoms with van der Waals surface area (Å²) in [6.07, 6.45) is 0.311. The number of sulfonamides is 1. The van der Waals surface area contributed by atoms with Crippen LogP contribution in [0.2, 0.25) is 0 Å². The highest BCUT2D eigenvalue weighted by molar-refractivity contribution is 7.89. The molecule has 2 rings (SSSR count). The molecule has 0 radical (unpaired) electrons. The second kappa shape index (κ2) is 5.13. The van der Waals surface area contributed by atoms with Gasteiger partial charge in [0.05, 0.1) is 12.3 Å². The van der Waals surface area contributed by atoms with Gasteiger partial charge in [-0.1, -0.05) is 0 Å². The lowest BCUT2D eigenvalue weighted by molar-refractivity contribution is 0.0314. The van der Waals surface area contributed by atoms with Crippen LogP contribution in [0, 0.1) is 6.92 Å². The average Bonchev–Trinajstić information content (AvgIpc) is 2.94. The Bertz CT molecular complexity index is 617. The molecule has 1 aliphatic heterocycles. The number of aliphatic hydroxyl groups is 1. The summed E-state index contributed by atoms with van der Waals surface area (Å²) in [6, 6.07) is 0. The third-order valence-electron chi connectivity index (χ3n) is 3.04.